The van der Waals surface area contributed by atoms with Gasteiger partial charge in [-0.3, -0.25) is 0 Å². The molecule has 0 radical (unpaired) electrons. The van der Waals surface area contributed by atoms with E-state index in [-0.39, 0.29) is 6.10 Å². The maximum absolute atomic E-state index is 10.8. The fourth-order valence-corrected chi connectivity index (χ4v) is 2.08. The van der Waals surface area contributed by atoms with E-state index < -0.39 is 5.97 Å². The third-order valence-corrected chi connectivity index (χ3v) is 2.93. The second-order valence-corrected chi connectivity index (χ2v) is 3.92. The van der Waals surface area contributed by atoms with Crippen LogP contribution in [0.5, 0.6) is 0 Å². The van der Waals surface area contributed by atoms with Crippen LogP contribution in [0.25, 0.3) is 0 Å². The number of aromatic carboxylic acids is 1. The third-order valence-electron chi connectivity index (χ3n) is 2.93. The van der Waals surface area contributed by atoms with Gasteiger partial charge in [-0.15, -0.1) is 0 Å². The van der Waals surface area contributed by atoms with Gasteiger partial charge in [0.2, 0.25) is 0 Å². The summed E-state index contributed by atoms with van der Waals surface area (Å²) >= 11 is 0. The predicted molar refractivity (Wildman–Crippen MR) is 55.1 cm³/mol. The standard InChI is InChI=1S/C11H15NO3/c1-15-10-3-2-4-12-7-8(11(13)14)5-9(12)6-10/h5,7,10H,2-4,6H2,1H3,(H,13,14). The molecule has 0 bridgehead atoms. The van der Waals surface area contributed by atoms with Crippen molar-refractivity contribution in [1.29, 1.82) is 0 Å². The van der Waals surface area contributed by atoms with Gasteiger partial charge in [-0.2, -0.15) is 0 Å². The number of carboxylic acid groups (broad SMARTS) is 1. The molecule has 4 heteroatoms. The van der Waals surface area contributed by atoms with Crippen LogP contribution in [0.2, 0.25) is 0 Å². The van der Waals surface area contributed by atoms with E-state index in [1.165, 1.54) is 0 Å². The van der Waals surface area contributed by atoms with Crippen LogP contribution in [-0.2, 0) is 17.7 Å². The maximum Gasteiger partial charge on any atom is 0.337 e. The zero-order valence-electron chi connectivity index (χ0n) is 8.77. The second kappa shape index (κ2) is 4.06. The van der Waals surface area contributed by atoms with Crippen LogP contribution in [0.15, 0.2) is 12.3 Å². The van der Waals surface area contributed by atoms with E-state index in [1.807, 2.05) is 4.57 Å². The number of carboxylic acids is 1. The summed E-state index contributed by atoms with van der Waals surface area (Å²) in [5.41, 5.74) is 1.44. The van der Waals surface area contributed by atoms with Gasteiger partial charge in [-0.25, -0.2) is 4.79 Å². The van der Waals surface area contributed by atoms with Crippen LogP contribution < -0.4 is 0 Å². The Kier molecular flexibility index (Phi) is 2.77. The minimum atomic E-state index is -0.857. The number of aromatic nitrogens is 1. The lowest BCUT2D eigenvalue weighted by Crippen LogP contribution is -2.12. The molecule has 0 saturated carbocycles. The average molecular weight is 209 g/mol. The van der Waals surface area contributed by atoms with Crippen molar-refractivity contribution in [3.63, 3.8) is 0 Å². The Balaban J connectivity index is 2.26. The molecule has 15 heavy (non-hydrogen) atoms. The quantitative estimate of drug-likeness (QED) is 0.803. The molecule has 1 aliphatic rings. The van der Waals surface area contributed by atoms with Gasteiger partial charge in [0.25, 0.3) is 0 Å². The third kappa shape index (κ3) is 2.04. The van der Waals surface area contributed by atoms with Crippen molar-refractivity contribution in [1.82, 2.24) is 4.57 Å². The van der Waals surface area contributed by atoms with E-state index in [1.54, 1.807) is 19.4 Å². The first-order valence-electron chi connectivity index (χ1n) is 5.16. The van der Waals surface area contributed by atoms with Gasteiger partial charge in [0.05, 0.1) is 11.7 Å². The molecule has 2 heterocycles. The van der Waals surface area contributed by atoms with Crippen LogP contribution >= 0.6 is 0 Å². The summed E-state index contributed by atoms with van der Waals surface area (Å²) in [5, 5.41) is 8.88. The Bertz CT molecular complexity index is 370. The molecule has 0 saturated heterocycles. The lowest BCUT2D eigenvalue weighted by Gasteiger charge is -2.10. The van der Waals surface area contributed by atoms with Gasteiger partial charge in [-0.1, -0.05) is 0 Å². The van der Waals surface area contributed by atoms with Gasteiger partial charge in [0, 0.05) is 32.0 Å². The highest BCUT2D eigenvalue weighted by Gasteiger charge is 2.18. The van der Waals surface area contributed by atoms with Crippen LogP contribution in [0, 0.1) is 0 Å². The molecule has 0 aromatic carbocycles. The van der Waals surface area contributed by atoms with Crippen molar-refractivity contribution in [2.24, 2.45) is 0 Å². The number of aryl methyl sites for hydroxylation is 1. The second-order valence-electron chi connectivity index (χ2n) is 3.92. The molecule has 0 amide bonds. The number of rotatable bonds is 2. The normalized spacial score (nSPS) is 20.7. The molecular weight excluding hydrogens is 194 g/mol. The van der Waals surface area contributed by atoms with Crippen LogP contribution in [0.4, 0.5) is 0 Å². The molecule has 0 spiro atoms. The Hall–Kier alpha value is -1.29. The van der Waals surface area contributed by atoms with Crippen molar-refractivity contribution < 1.29 is 14.6 Å². The van der Waals surface area contributed by atoms with Gasteiger partial charge in [-0.05, 0) is 18.9 Å². The van der Waals surface area contributed by atoms with Crippen molar-refractivity contribution in [2.45, 2.75) is 31.9 Å². The Morgan fingerprint density at radius 3 is 3.13 bits per heavy atom. The number of hydrogen-bond donors (Lipinski definition) is 1. The van der Waals surface area contributed by atoms with Gasteiger partial charge >= 0.3 is 5.97 Å². The highest BCUT2D eigenvalue weighted by atomic mass is 16.5. The smallest absolute Gasteiger partial charge is 0.337 e. The summed E-state index contributed by atoms with van der Waals surface area (Å²) < 4.78 is 7.37. The molecular formula is C11H15NO3. The Morgan fingerprint density at radius 1 is 1.67 bits per heavy atom. The number of hydrogen-bond acceptors (Lipinski definition) is 2. The van der Waals surface area contributed by atoms with Crippen LogP contribution in [-0.4, -0.2) is 28.9 Å². The molecule has 0 aliphatic carbocycles. The van der Waals surface area contributed by atoms with E-state index in [9.17, 15) is 4.79 Å². The van der Waals surface area contributed by atoms with Crippen LogP contribution in [0.3, 0.4) is 0 Å². The molecule has 1 aromatic heterocycles. The molecule has 2 rings (SSSR count). The minimum absolute atomic E-state index is 0.225. The van der Waals surface area contributed by atoms with E-state index in [4.69, 9.17) is 9.84 Å². The molecule has 0 fully saturated rings. The molecule has 1 aliphatic heterocycles. The van der Waals surface area contributed by atoms with Gasteiger partial charge in [0.1, 0.15) is 0 Å². The summed E-state index contributed by atoms with van der Waals surface area (Å²) in [6.07, 6.45) is 4.84. The van der Waals surface area contributed by atoms with Crippen molar-refractivity contribution in [2.75, 3.05) is 7.11 Å². The maximum atomic E-state index is 10.8. The van der Waals surface area contributed by atoms with E-state index in [0.717, 1.165) is 31.5 Å². The first-order chi connectivity index (χ1) is 7.20. The lowest BCUT2D eigenvalue weighted by atomic mass is 10.1. The summed E-state index contributed by atoms with van der Waals surface area (Å²) in [4.78, 5) is 10.8. The lowest BCUT2D eigenvalue weighted by molar-refractivity contribution is 0.0696. The van der Waals surface area contributed by atoms with Gasteiger partial charge < -0.3 is 14.4 Å². The number of nitrogens with zero attached hydrogens (tertiary/aromatic N) is 1. The Morgan fingerprint density at radius 2 is 2.47 bits per heavy atom. The number of fused-ring (bicyclic) bond motifs is 1. The van der Waals surface area contributed by atoms with E-state index in [2.05, 4.69) is 0 Å². The summed E-state index contributed by atoms with van der Waals surface area (Å²) in [5.74, 6) is -0.857. The predicted octanol–water partition coefficient (Wildman–Crippen LogP) is 1.54. The fourth-order valence-electron chi connectivity index (χ4n) is 2.08. The van der Waals surface area contributed by atoms with Crippen molar-refractivity contribution in [3.05, 3.63) is 23.5 Å². The summed E-state index contributed by atoms with van der Waals surface area (Å²) in [7, 11) is 1.71. The number of carbonyl (C=O) groups is 1. The summed E-state index contributed by atoms with van der Waals surface area (Å²) in [6, 6.07) is 1.75. The molecule has 1 unspecified atom stereocenters. The largest absolute Gasteiger partial charge is 0.478 e. The summed E-state index contributed by atoms with van der Waals surface area (Å²) in [6.45, 7) is 0.891. The SMILES string of the molecule is COC1CCCn2cc(C(=O)O)cc2C1. The van der Waals surface area contributed by atoms with E-state index in [0.29, 0.717) is 5.56 Å². The zero-order valence-corrected chi connectivity index (χ0v) is 8.77. The highest BCUT2D eigenvalue weighted by molar-refractivity contribution is 5.87. The number of ether oxygens (including phenoxy) is 1. The Labute approximate surface area is 88.5 Å². The van der Waals surface area contributed by atoms with Gasteiger partial charge in [0.15, 0.2) is 0 Å². The fraction of sp³-hybridized carbons (Fsp3) is 0.545. The average Bonchev–Trinajstić information content (AvgIpc) is 2.51. The minimum Gasteiger partial charge on any atom is -0.478 e. The zero-order chi connectivity index (χ0) is 10.8. The topological polar surface area (TPSA) is 51.5 Å². The van der Waals surface area contributed by atoms with E-state index >= 15 is 0 Å². The molecule has 1 aromatic rings. The molecule has 1 atom stereocenters. The van der Waals surface area contributed by atoms with Crippen molar-refractivity contribution >= 4 is 5.97 Å². The number of methoxy groups -OCH3 is 1. The van der Waals surface area contributed by atoms with Crippen molar-refractivity contribution in [3.8, 4) is 0 Å². The monoisotopic (exact) mass is 209 g/mol. The first-order valence-corrected chi connectivity index (χ1v) is 5.16. The van der Waals surface area contributed by atoms with Crippen LogP contribution in [0.1, 0.15) is 28.9 Å². The highest BCUT2D eigenvalue weighted by Crippen LogP contribution is 2.19. The molecule has 82 valence electrons. The first kappa shape index (κ1) is 10.2. The molecule has 1 N–H and O–H groups in total. The molecule has 4 nitrogen and oxygen atoms in total.